The lowest BCUT2D eigenvalue weighted by Crippen LogP contribution is -2.08. The average molecular weight is 595 g/mol. The maximum Gasteiger partial charge on any atom is 0.316 e. The summed E-state index contributed by atoms with van der Waals surface area (Å²) in [6.07, 6.45) is 3.49. The summed E-state index contributed by atoms with van der Waals surface area (Å²) in [4.78, 5) is 4.76. The van der Waals surface area contributed by atoms with Gasteiger partial charge in [-0.15, -0.1) is 0 Å². The predicted molar refractivity (Wildman–Crippen MR) is 135 cm³/mol. The molecule has 8 heteroatoms. The third kappa shape index (κ3) is 4.45. The standard InChI is InChI=1S/C23H18BrF2IN4/c1-3-16-6-4-5-7-18(16)20-12-21(31-22(30-20)19(24)14-29-31)28-13-15-8-10-17(11-9-15)23(25,26)27-2/h3-12,14,28H,1-2,13H2. The van der Waals surface area contributed by atoms with Gasteiger partial charge in [0.2, 0.25) is 0 Å². The first-order valence-corrected chi connectivity index (χ1v) is 12.7. The Labute approximate surface area is 196 Å². The first-order chi connectivity index (χ1) is 14.9. The van der Waals surface area contributed by atoms with E-state index < -0.39 is 24.7 Å². The highest BCUT2D eigenvalue weighted by atomic mass is 127. The maximum absolute atomic E-state index is 13.9. The number of fused-ring (bicyclic) bond motifs is 1. The molecule has 0 unspecified atom stereocenters. The number of hydrogen-bond donors (Lipinski definition) is 1. The fourth-order valence-corrected chi connectivity index (χ4v) is 4.34. The van der Waals surface area contributed by atoms with E-state index in [2.05, 4.69) is 37.4 Å². The van der Waals surface area contributed by atoms with Crippen LogP contribution < -0.4 is 5.32 Å². The SMILES string of the molecule is C=Cc1ccccc1-c1cc(NCc2ccc(C(F)(F)I=C)cc2)n2ncc(Br)c2n1. The molecule has 0 fully saturated rings. The molecule has 158 valence electrons. The highest BCUT2D eigenvalue weighted by Gasteiger charge is 2.27. The first-order valence-electron chi connectivity index (χ1n) is 9.29. The van der Waals surface area contributed by atoms with Gasteiger partial charge in [-0.3, -0.25) is 0 Å². The van der Waals surface area contributed by atoms with Crippen LogP contribution in [0.2, 0.25) is 0 Å². The van der Waals surface area contributed by atoms with E-state index in [1.54, 1.807) is 28.9 Å². The van der Waals surface area contributed by atoms with Crippen molar-refractivity contribution >= 4 is 58.7 Å². The van der Waals surface area contributed by atoms with Crippen LogP contribution >= 0.6 is 36.7 Å². The lowest BCUT2D eigenvalue weighted by atomic mass is 10.0. The van der Waals surface area contributed by atoms with E-state index in [9.17, 15) is 8.78 Å². The maximum atomic E-state index is 13.9. The van der Waals surface area contributed by atoms with Crippen molar-refractivity contribution in [3.8, 4) is 11.3 Å². The van der Waals surface area contributed by atoms with Gasteiger partial charge < -0.3 is 5.32 Å². The fraction of sp³-hybridized carbons (Fsp3) is 0.0870. The second kappa shape index (κ2) is 8.96. The second-order valence-electron chi connectivity index (χ2n) is 6.73. The van der Waals surface area contributed by atoms with Crippen LogP contribution in [-0.4, -0.2) is 19.1 Å². The van der Waals surface area contributed by atoms with Gasteiger partial charge in [-0.1, -0.05) is 65.7 Å². The molecule has 4 aromatic rings. The molecule has 0 atom stereocenters. The Hall–Kier alpha value is -2.46. The summed E-state index contributed by atoms with van der Waals surface area (Å²) in [7, 11) is 0. The van der Waals surface area contributed by atoms with Crippen molar-refractivity contribution in [1.29, 1.82) is 0 Å². The number of rotatable bonds is 7. The molecule has 0 radical (unpaired) electrons. The molecule has 0 aliphatic carbocycles. The van der Waals surface area contributed by atoms with Crippen molar-refractivity contribution < 1.29 is 8.78 Å². The molecule has 4 nitrogen and oxygen atoms in total. The molecule has 2 heterocycles. The topological polar surface area (TPSA) is 42.2 Å². The highest BCUT2D eigenvalue weighted by Crippen LogP contribution is 2.38. The van der Waals surface area contributed by atoms with Crippen molar-refractivity contribution in [2.24, 2.45) is 0 Å². The lowest BCUT2D eigenvalue weighted by molar-refractivity contribution is 0.127. The molecule has 1 N–H and O–H groups in total. The van der Waals surface area contributed by atoms with E-state index in [-0.39, 0.29) is 5.56 Å². The molecule has 0 spiro atoms. The smallest absolute Gasteiger partial charge is 0.316 e. The van der Waals surface area contributed by atoms with Crippen LogP contribution in [-0.2, 0) is 10.5 Å². The second-order valence-corrected chi connectivity index (χ2v) is 9.70. The number of halogens is 4. The van der Waals surface area contributed by atoms with Gasteiger partial charge in [-0.25, -0.2) is 4.98 Å². The summed E-state index contributed by atoms with van der Waals surface area (Å²) in [5.41, 5.74) is 4.29. The molecule has 0 bridgehead atoms. The van der Waals surface area contributed by atoms with E-state index in [4.69, 9.17) is 4.98 Å². The van der Waals surface area contributed by atoms with Gasteiger partial charge in [0.05, 0.1) is 16.4 Å². The van der Waals surface area contributed by atoms with Crippen LogP contribution in [0.4, 0.5) is 14.6 Å². The molecule has 0 aliphatic rings. The Bertz CT molecular complexity index is 1270. The van der Waals surface area contributed by atoms with Crippen molar-refractivity contribution in [3.63, 3.8) is 0 Å². The molecule has 2 aromatic heterocycles. The zero-order chi connectivity index (χ0) is 22.0. The van der Waals surface area contributed by atoms with Gasteiger partial charge >= 0.3 is 3.93 Å². The number of nitrogens with one attached hydrogen (secondary N) is 1. The number of benzene rings is 2. The number of aromatic nitrogens is 3. The van der Waals surface area contributed by atoms with Crippen molar-refractivity contribution in [2.75, 3.05) is 5.32 Å². The van der Waals surface area contributed by atoms with Crippen LogP contribution in [0.1, 0.15) is 16.7 Å². The summed E-state index contributed by atoms with van der Waals surface area (Å²) < 4.78 is 30.8. The van der Waals surface area contributed by atoms with Gasteiger partial charge in [0, 0.05) is 23.7 Å². The Morgan fingerprint density at radius 2 is 1.90 bits per heavy atom. The molecule has 0 saturated carbocycles. The zero-order valence-electron chi connectivity index (χ0n) is 16.3. The van der Waals surface area contributed by atoms with Crippen LogP contribution in [0.25, 0.3) is 23.0 Å². The van der Waals surface area contributed by atoms with E-state index in [1.807, 2.05) is 30.3 Å². The molecule has 31 heavy (non-hydrogen) atoms. The van der Waals surface area contributed by atoms with E-state index >= 15 is 0 Å². The summed E-state index contributed by atoms with van der Waals surface area (Å²) >= 11 is 2.06. The van der Waals surface area contributed by atoms with Crippen LogP contribution in [0.5, 0.6) is 0 Å². The summed E-state index contributed by atoms with van der Waals surface area (Å²) in [5.74, 6) is 0.739. The molecule has 0 amide bonds. The quantitative estimate of drug-likeness (QED) is 0.188. The van der Waals surface area contributed by atoms with E-state index in [0.717, 1.165) is 32.7 Å². The van der Waals surface area contributed by atoms with Gasteiger partial charge in [0.25, 0.3) is 0 Å². The minimum absolute atomic E-state index is 0.0182. The normalized spacial score (nSPS) is 11.6. The van der Waals surface area contributed by atoms with Crippen LogP contribution in [0.3, 0.4) is 0 Å². The van der Waals surface area contributed by atoms with Crippen molar-refractivity contribution in [2.45, 2.75) is 10.5 Å². The number of hydrogen-bond acceptors (Lipinski definition) is 3. The van der Waals surface area contributed by atoms with E-state index in [1.165, 1.54) is 12.1 Å². The van der Waals surface area contributed by atoms with Gasteiger partial charge in [0.15, 0.2) is 5.65 Å². The third-order valence-electron chi connectivity index (χ3n) is 4.81. The minimum Gasteiger partial charge on any atom is -0.366 e. The Morgan fingerprint density at radius 3 is 2.61 bits per heavy atom. The van der Waals surface area contributed by atoms with Crippen molar-refractivity contribution in [3.05, 3.63) is 88.5 Å². The number of anilines is 1. The fourth-order valence-electron chi connectivity index (χ4n) is 3.19. The average Bonchev–Trinajstić information content (AvgIpc) is 3.18. The first kappa shape index (κ1) is 21.8. The monoisotopic (exact) mass is 594 g/mol. The third-order valence-corrected chi connectivity index (χ3v) is 6.95. The van der Waals surface area contributed by atoms with Gasteiger partial charge in [-0.2, -0.15) is 18.4 Å². The summed E-state index contributed by atoms with van der Waals surface area (Å²) in [5, 5.41) is 7.75. The number of alkyl halides is 3. The Kier molecular flexibility index (Phi) is 6.29. The van der Waals surface area contributed by atoms with Crippen molar-refractivity contribution in [1.82, 2.24) is 14.6 Å². The summed E-state index contributed by atoms with van der Waals surface area (Å²) in [6.45, 7) is 4.34. The Morgan fingerprint density at radius 1 is 1.16 bits per heavy atom. The van der Waals surface area contributed by atoms with E-state index in [0.29, 0.717) is 12.2 Å². The molecule has 4 rings (SSSR count). The molecular weight excluding hydrogens is 577 g/mol. The molecule has 0 saturated heterocycles. The number of nitrogens with zero attached hydrogens (tertiary/aromatic N) is 3. The predicted octanol–water partition coefficient (Wildman–Crippen LogP) is 6.87. The minimum atomic E-state index is -2.81. The summed E-state index contributed by atoms with van der Waals surface area (Å²) in [6, 6.07) is 16.2. The highest BCUT2D eigenvalue weighted by molar-refractivity contribution is 14.2. The largest absolute Gasteiger partial charge is 0.366 e. The lowest BCUT2D eigenvalue weighted by Gasteiger charge is -2.14. The van der Waals surface area contributed by atoms with Crippen LogP contribution in [0.15, 0.2) is 71.8 Å². The zero-order valence-corrected chi connectivity index (χ0v) is 20.1. The molecular formula is C23H18BrF2IN4. The Balaban J connectivity index is 1.67. The van der Waals surface area contributed by atoms with Crippen LogP contribution in [0, 0.1) is 0 Å². The van der Waals surface area contributed by atoms with Gasteiger partial charge in [-0.05, 0) is 47.8 Å². The molecule has 0 aliphatic heterocycles. The molecule has 2 aromatic carbocycles. The van der Waals surface area contributed by atoms with Gasteiger partial charge in [0.1, 0.15) is 5.82 Å².